The Hall–Kier alpha value is -1.78. The Morgan fingerprint density at radius 2 is 2.22 bits per heavy atom. The van der Waals surface area contributed by atoms with Gasteiger partial charge in [0, 0.05) is 19.6 Å². The smallest absolute Gasteiger partial charge is 0.274 e. The van der Waals surface area contributed by atoms with Crippen LogP contribution in [0.3, 0.4) is 0 Å². The van der Waals surface area contributed by atoms with Crippen LogP contribution in [0.2, 0.25) is 0 Å². The van der Waals surface area contributed by atoms with Crippen molar-refractivity contribution in [2.45, 2.75) is 33.7 Å². The fraction of sp³-hybridized carbons (Fsp3) is 0.538. The summed E-state index contributed by atoms with van der Waals surface area (Å²) >= 11 is 0. The number of carbonyl (C=O) groups excluding carboxylic acids is 1. The van der Waals surface area contributed by atoms with Crippen molar-refractivity contribution < 1.29 is 4.79 Å². The van der Waals surface area contributed by atoms with Gasteiger partial charge in [-0.25, -0.2) is 0 Å². The Balaban J connectivity index is 2.29. The number of nitrogens with zero attached hydrogens (tertiary/aromatic N) is 3. The summed E-state index contributed by atoms with van der Waals surface area (Å²) in [6, 6.07) is 0. The SMILES string of the molecule is CCn1nc(C)c(N)c1C(=O)N1CC=C(C)CC1. The lowest BCUT2D eigenvalue weighted by Crippen LogP contribution is -2.36. The van der Waals surface area contributed by atoms with Gasteiger partial charge in [0.05, 0.1) is 11.4 Å². The Morgan fingerprint density at radius 3 is 2.78 bits per heavy atom. The Kier molecular flexibility index (Phi) is 3.41. The second kappa shape index (κ2) is 4.84. The van der Waals surface area contributed by atoms with Gasteiger partial charge in [-0.15, -0.1) is 0 Å². The maximum Gasteiger partial charge on any atom is 0.274 e. The van der Waals surface area contributed by atoms with Crippen molar-refractivity contribution >= 4 is 11.6 Å². The second-order valence-corrected chi connectivity index (χ2v) is 4.72. The highest BCUT2D eigenvalue weighted by Crippen LogP contribution is 2.20. The average Bonchev–Trinajstić information content (AvgIpc) is 2.65. The molecule has 0 saturated carbocycles. The number of aryl methyl sites for hydroxylation is 2. The summed E-state index contributed by atoms with van der Waals surface area (Å²) in [5, 5.41) is 4.29. The molecule has 2 heterocycles. The predicted molar refractivity (Wildman–Crippen MR) is 71.3 cm³/mol. The van der Waals surface area contributed by atoms with Crippen molar-refractivity contribution in [1.82, 2.24) is 14.7 Å². The number of anilines is 1. The fourth-order valence-electron chi connectivity index (χ4n) is 2.15. The number of amides is 1. The summed E-state index contributed by atoms with van der Waals surface area (Å²) in [7, 11) is 0. The molecule has 18 heavy (non-hydrogen) atoms. The van der Waals surface area contributed by atoms with Crippen LogP contribution in [-0.2, 0) is 6.54 Å². The zero-order valence-corrected chi connectivity index (χ0v) is 11.2. The minimum absolute atomic E-state index is 0.0151. The van der Waals surface area contributed by atoms with Crippen molar-refractivity contribution in [3.63, 3.8) is 0 Å². The normalized spacial score (nSPS) is 15.7. The molecule has 0 radical (unpaired) electrons. The van der Waals surface area contributed by atoms with Gasteiger partial charge in [-0.05, 0) is 27.2 Å². The monoisotopic (exact) mass is 248 g/mol. The molecule has 1 aromatic heterocycles. The van der Waals surface area contributed by atoms with Crippen LogP contribution in [0, 0.1) is 6.92 Å². The lowest BCUT2D eigenvalue weighted by Gasteiger charge is -2.25. The molecule has 5 nitrogen and oxygen atoms in total. The average molecular weight is 248 g/mol. The van der Waals surface area contributed by atoms with E-state index in [1.165, 1.54) is 5.57 Å². The van der Waals surface area contributed by atoms with Crippen LogP contribution >= 0.6 is 0 Å². The molecule has 5 heteroatoms. The van der Waals surface area contributed by atoms with Gasteiger partial charge in [0.2, 0.25) is 0 Å². The molecule has 0 fully saturated rings. The number of hydrogen-bond acceptors (Lipinski definition) is 3. The molecule has 0 unspecified atom stereocenters. The molecule has 1 aromatic rings. The largest absolute Gasteiger partial charge is 0.395 e. The van der Waals surface area contributed by atoms with Gasteiger partial charge in [-0.1, -0.05) is 11.6 Å². The highest BCUT2D eigenvalue weighted by molar-refractivity contribution is 5.98. The van der Waals surface area contributed by atoms with E-state index in [0.29, 0.717) is 24.5 Å². The van der Waals surface area contributed by atoms with E-state index in [0.717, 1.165) is 18.7 Å². The summed E-state index contributed by atoms with van der Waals surface area (Å²) in [6.45, 7) is 7.96. The number of rotatable bonds is 2. The quantitative estimate of drug-likeness (QED) is 0.808. The third-order valence-electron chi connectivity index (χ3n) is 3.40. The lowest BCUT2D eigenvalue weighted by atomic mass is 10.1. The Bertz CT molecular complexity index is 501. The maximum atomic E-state index is 12.5. The summed E-state index contributed by atoms with van der Waals surface area (Å²) < 4.78 is 1.69. The first kappa shape index (κ1) is 12.7. The first-order valence-electron chi connectivity index (χ1n) is 6.32. The van der Waals surface area contributed by atoms with Gasteiger partial charge in [0.1, 0.15) is 5.69 Å². The van der Waals surface area contributed by atoms with Crippen molar-refractivity contribution in [3.8, 4) is 0 Å². The van der Waals surface area contributed by atoms with Gasteiger partial charge in [0.15, 0.2) is 0 Å². The Labute approximate surface area is 107 Å². The van der Waals surface area contributed by atoms with E-state index in [9.17, 15) is 4.79 Å². The zero-order valence-electron chi connectivity index (χ0n) is 11.2. The van der Waals surface area contributed by atoms with E-state index in [2.05, 4.69) is 18.1 Å². The molecular weight excluding hydrogens is 228 g/mol. The van der Waals surface area contributed by atoms with E-state index >= 15 is 0 Å². The number of nitrogen functional groups attached to an aromatic ring is 1. The molecule has 2 rings (SSSR count). The third kappa shape index (κ3) is 2.12. The predicted octanol–water partition coefficient (Wildman–Crippen LogP) is 1.59. The molecule has 98 valence electrons. The summed E-state index contributed by atoms with van der Waals surface area (Å²) in [5.41, 5.74) is 9.07. The van der Waals surface area contributed by atoms with Crippen LogP contribution in [0.15, 0.2) is 11.6 Å². The second-order valence-electron chi connectivity index (χ2n) is 4.72. The van der Waals surface area contributed by atoms with Crippen LogP contribution in [0.1, 0.15) is 36.5 Å². The minimum atomic E-state index is -0.0151. The standard InChI is InChI=1S/C13H20N4O/c1-4-17-12(11(14)10(3)15-17)13(18)16-7-5-9(2)6-8-16/h5H,4,6-8,14H2,1-3H3. The van der Waals surface area contributed by atoms with Crippen LogP contribution in [0.5, 0.6) is 0 Å². The molecule has 0 aliphatic carbocycles. The molecule has 2 N–H and O–H groups in total. The van der Waals surface area contributed by atoms with Crippen LogP contribution in [-0.4, -0.2) is 33.7 Å². The van der Waals surface area contributed by atoms with E-state index < -0.39 is 0 Å². The summed E-state index contributed by atoms with van der Waals surface area (Å²) in [5.74, 6) is -0.0151. The molecule has 1 aliphatic heterocycles. The number of carbonyl (C=O) groups is 1. The highest BCUT2D eigenvalue weighted by atomic mass is 16.2. The number of nitrogens with two attached hydrogens (primary N) is 1. The molecule has 0 saturated heterocycles. The molecule has 0 aromatic carbocycles. The van der Waals surface area contributed by atoms with Crippen LogP contribution in [0.4, 0.5) is 5.69 Å². The van der Waals surface area contributed by atoms with Crippen molar-refractivity contribution in [3.05, 3.63) is 23.0 Å². The van der Waals surface area contributed by atoms with Gasteiger partial charge in [-0.2, -0.15) is 5.10 Å². The Morgan fingerprint density at radius 1 is 1.50 bits per heavy atom. The van der Waals surface area contributed by atoms with E-state index in [1.807, 2.05) is 18.7 Å². The van der Waals surface area contributed by atoms with Gasteiger partial charge in [0.25, 0.3) is 5.91 Å². The number of hydrogen-bond donors (Lipinski definition) is 1. The molecule has 0 spiro atoms. The van der Waals surface area contributed by atoms with E-state index in [4.69, 9.17) is 5.73 Å². The van der Waals surface area contributed by atoms with Gasteiger partial charge < -0.3 is 10.6 Å². The zero-order chi connectivity index (χ0) is 13.3. The third-order valence-corrected chi connectivity index (χ3v) is 3.40. The lowest BCUT2D eigenvalue weighted by molar-refractivity contribution is 0.0757. The number of aromatic nitrogens is 2. The van der Waals surface area contributed by atoms with Crippen molar-refractivity contribution in [1.29, 1.82) is 0 Å². The molecule has 0 atom stereocenters. The molecule has 0 bridgehead atoms. The highest BCUT2D eigenvalue weighted by Gasteiger charge is 2.24. The molecule has 1 aliphatic rings. The van der Waals surface area contributed by atoms with Gasteiger partial charge in [-0.3, -0.25) is 9.48 Å². The van der Waals surface area contributed by atoms with Crippen molar-refractivity contribution in [2.24, 2.45) is 0 Å². The van der Waals surface area contributed by atoms with Crippen LogP contribution < -0.4 is 5.73 Å². The first-order valence-corrected chi connectivity index (χ1v) is 6.32. The van der Waals surface area contributed by atoms with E-state index in [1.54, 1.807) is 4.68 Å². The molecule has 1 amide bonds. The van der Waals surface area contributed by atoms with Crippen molar-refractivity contribution in [2.75, 3.05) is 18.8 Å². The van der Waals surface area contributed by atoms with E-state index in [-0.39, 0.29) is 5.91 Å². The topological polar surface area (TPSA) is 64.2 Å². The van der Waals surface area contributed by atoms with Gasteiger partial charge >= 0.3 is 0 Å². The summed E-state index contributed by atoms with van der Waals surface area (Å²) in [6.07, 6.45) is 3.03. The fourth-order valence-corrected chi connectivity index (χ4v) is 2.15. The van der Waals surface area contributed by atoms with Crippen LogP contribution in [0.25, 0.3) is 0 Å². The minimum Gasteiger partial charge on any atom is -0.395 e. The summed E-state index contributed by atoms with van der Waals surface area (Å²) in [4.78, 5) is 14.3. The maximum absolute atomic E-state index is 12.5. The molecular formula is C13H20N4O. The first-order chi connectivity index (χ1) is 8.54.